The van der Waals surface area contributed by atoms with Crippen LogP contribution in [0.5, 0.6) is 0 Å². The Balaban J connectivity index is 0.00000338. The Kier molecular flexibility index (Phi) is 11.3. The summed E-state index contributed by atoms with van der Waals surface area (Å²) in [5, 5.41) is 6.55. The molecule has 1 aliphatic rings. The van der Waals surface area contributed by atoms with Crippen LogP contribution in [-0.4, -0.2) is 50.1 Å². The number of nitrogens with zero attached hydrogens (tertiary/aromatic N) is 2. The molecule has 0 atom stereocenters. The Morgan fingerprint density at radius 1 is 1.23 bits per heavy atom. The molecule has 2 rings (SSSR count). The summed E-state index contributed by atoms with van der Waals surface area (Å²) in [5.41, 5.74) is 2.33. The molecule has 1 saturated heterocycles. The average Bonchev–Trinajstić information content (AvgIpc) is 3.02. The van der Waals surface area contributed by atoms with Crippen LogP contribution in [0.15, 0.2) is 29.3 Å². The number of halogens is 1. The lowest BCUT2D eigenvalue weighted by atomic mass is 10.1. The number of carbonyl (C=O) groups is 1. The second kappa shape index (κ2) is 12.9. The number of guanidine groups is 1. The minimum Gasteiger partial charge on any atom is -0.385 e. The molecule has 1 aliphatic heterocycles. The maximum Gasteiger partial charge on any atom is 0.222 e. The topological polar surface area (TPSA) is 66.0 Å². The normalized spacial score (nSPS) is 14.3. The van der Waals surface area contributed by atoms with Crippen molar-refractivity contribution in [1.82, 2.24) is 15.5 Å². The number of benzene rings is 1. The fourth-order valence-corrected chi connectivity index (χ4v) is 2.78. The number of amides is 1. The summed E-state index contributed by atoms with van der Waals surface area (Å²) in [6.45, 7) is 6.69. The van der Waals surface area contributed by atoms with E-state index < -0.39 is 0 Å². The second-order valence-electron chi connectivity index (χ2n) is 6.20. The van der Waals surface area contributed by atoms with Gasteiger partial charge in [-0.15, -0.1) is 24.0 Å². The molecule has 0 saturated carbocycles. The molecule has 1 fully saturated rings. The van der Waals surface area contributed by atoms with Gasteiger partial charge in [0.25, 0.3) is 0 Å². The van der Waals surface area contributed by atoms with Gasteiger partial charge in [0.2, 0.25) is 5.91 Å². The van der Waals surface area contributed by atoms with Crippen molar-refractivity contribution in [3.8, 4) is 0 Å². The van der Waals surface area contributed by atoms with Crippen molar-refractivity contribution in [3.05, 3.63) is 35.4 Å². The molecule has 0 bridgehead atoms. The van der Waals surface area contributed by atoms with Crippen molar-refractivity contribution in [2.75, 3.05) is 33.4 Å². The number of nitrogens with one attached hydrogen (secondary N) is 2. The lowest BCUT2D eigenvalue weighted by molar-refractivity contribution is -0.128. The van der Waals surface area contributed by atoms with Gasteiger partial charge in [-0.3, -0.25) is 4.79 Å². The van der Waals surface area contributed by atoms with Gasteiger partial charge in [-0.05, 0) is 30.9 Å². The van der Waals surface area contributed by atoms with Crippen LogP contribution in [0.2, 0.25) is 0 Å². The van der Waals surface area contributed by atoms with E-state index in [4.69, 9.17) is 4.74 Å². The van der Waals surface area contributed by atoms with Gasteiger partial charge in [-0.2, -0.15) is 0 Å². The first-order valence-electron chi connectivity index (χ1n) is 9.09. The van der Waals surface area contributed by atoms with Crippen LogP contribution in [-0.2, 0) is 22.6 Å². The van der Waals surface area contributed by atoms with Crippen molar-refractivity contribution in [1.29, 1.82) is 0 Å². The summed E-state index contributed by atoms with van der Waals surface area (Å²) in [6.07, 6.45) is 2.62. The number of rotatable bonds is 9. The molecule has 0 spiro atoms. The standard InChI is InChI=1S/C19H30N4O2.HI/c1-3-20-19(21-11-5-13-25-2)22-14-16-7-9-17(10-8-16)15-23-12-4-6-18(23)24;/h7-10H,3-6,11-15H2,1-2H3,(H2,20,21,22);1H. The molecule has 1 amide bonds. The van der Waals surface area contributed by atoms with E-state index in [1.54, 1.807) is 7.11 Å². The van der Waals surface area contributed by atoms with Gasteiger partial charge in [-0.25, -0.2) is 4.99 Å². The quantitative estimate of drug-likeness (QED) is 0.250. The predicted molar refractivity (Wildman–Crippen MR) is 116 cm³/mol. The van der Waals surface area contributed by atoms with Crippen LogP contribution in [0.3, 0.4) is 0 Å². The van der Waals surface area contributed by atoms with E-state index in [1.165, 1.54) is 5.56 Å². The Labute approximate surface area is 173 Å². The van der Waals surface area contributed by atoms with Gasteiger partial charge in [-0.1, -0.05) is 24.3 Å². The van der Waals surface area contributed by atoms with Crippen LogP contribution < -0.4 is 10.6 Å². The van der Waals surface area contributed by atoms with Crippen LogP contribution in [0.1, 0.15) is 37.3 Å². The molecule has 6 nitrogen and oxygen atoms in total. The lowest BCUT2D eigenvalue weighted by Gasteiger charge is -2.15. The fraction of sp³-hybridized carbons (Fsp3) is 0.579. The average molecular weight is 474 g/mol. The number of carbonyl (C=O) groups excluding carboxylic acids is 1. The summed E-state index contributed by atoms with van der Waals surface area (Å²) < 4.78 is 5.05. The number of likely N-dealkylation sites (tertiary alicyclic amines) is 1. The lowest BCUT2D eigenvalue weighted by Crippen LogP contribution is -2.38. The van der Waals surface area contributed by atoms with E-state index in [9.17, 15) is 4.79 Å². The Bertz CT molecular complexity index is 563. The van der Waals surface area contributed by atoms with Gasteiger partial charge in [0.05, 0.1) is 6.54 Å². The molecule has 0 unspecified atom stereocenters. The Hall–Kier alpha value is -1.35. The highest BCUT2D eigenvalue weighted by atomic mass is 127. The smallest absolute Gasteiger partial charge is 0.222 e. The highest BCUT2D eigenvalue weighted by Crippen LogP contribution is 2.15. The fourth-order valence-electron chi connectivity index (χ4n) is 2.78. The van der Waals surface area contributed by atoms with Gasteiger partial charge in [0, 0.05) is 46.3 Å². The Morgan fingerprint density at radius 2 is 1.96 bits per heavy atom. The second-order valence-corrected chi connectivity index (χ2v) is 6.20. The van der Waals surface area contributed by atoms with E-state index in [2.05, 4.69) is 46.8 Å². The third-order valence-electron chi connectivity index (χ3n) is 4.15. The van der Waals surface area contributed by atoms with Crippen molar-refractivity contribution in [2.45, 2.75) is 39.3 Å². The SMILES string of the molecule is CCNC(=NCc1ccc(CN2CCCC2=O)cc1)NCCCOC.I. The summed E-state index contributed by atoms with van der Waals surface area (Å²) in [5.74, 6) is 1.09. The maximum atomic E-state index is 11.7. The maximum absolute atomic E-state index is 11.7. The number of hydrogen-bond acceptors (Lipinski definition) is 3. The summed E-state index contributed by atoms with van der Waals surface area (Å²) >= 11 is 0. The summed E-state index contributed by atoms with van der Waals surface area (Å²) in [6, 6.07) is 8.37. The first-order chi connectivity index (χ1) is 12.2. The monoisotopic (exact) mass is 474 g/mol. The first-order valence-corrected chi connectivity index (χ1v) is 9.09. The van der Waals surface area contributed by atoms with E-state index in [0.29, 0.717) is 19.5 Å². The number of aliphatic imine (C=N–C) groups is 1. The predicted octanol–water partition coefficient (Wildman–Crippen LogP) is 2.52. The molecule has 2 N–H and O–H groups in total. The largest absolute Gasteiger partial charge is 0.385 e. The minimum atomic E-state index is 0. The van der Waals surface area contributed by atoms with Gasteiger partial charge < -0.3 is 20.3 Å². The van der Waals surface area contributed by atoms with Gasteiger partial charge >= 0.3 is 0 Å². The minimum absolute atomic E-state index is 0. The number of ether oxygens (including phenoxy) is 1. The zero-order valence-corrected chi connectivity index (χ0v) is 18.1. The molecule has 0 aliphatic carbocycles. The summed E-state index contributed by atoms with van der Waals surface area (Å²) in [4.78, 5) is 18.2. The van der Waals surface area contributed by atoms with E-state index in [0.717, 1.165) is 50.6 Å². The van der Waals surface area contributed by atoms with E-state index in [-0.39, 0.29) is 29.9 Å². The van der Waals surface area contributed by atoms with Gasteiger partial charge in [0.1, 0.15) is 0 Å². The molecule has 1 aromatic rings. The molecular formula is C19H31IN4O2. The Morgan fingerprint density at radius 3 is 2.58 bits per heavy atom. The molecule has 1 aromatic carbocycles. The zero-order chi connectivity index (χ0) is 17.9. The first kappa shape index (κ1) is 22.7. The zero-order valence-electron chi connectivity index (χ0n) is 15.8. The van der Waals surface area contributed by atoms with Crippen molar-refractivity contribution < 1.29 is 9.53 Å². The highest BCUT2D eigenvalue weighted by Gasteiger charge is 2.19. The van der Waals surface area contributed by atoms with Crippen molar-refractivity contribution >= 4 is 35.8 Å². The molecule has 0 aromatic heterocycles. The van der Waals surface area contributed by atoms with Crippen LogP contribution in [0.4, 0.5) is 0 Å². The van der Waals surface area contributed by atoms with Crippen LogP contribution in [0, 0.1) is 0 Å². The van der Waals surface area contributed by atoms with E-state index in [1.807, 2.05) is 4.90 Å². The van der Waals surface area contributed by atoms with Crippen LogP contribution >= 0.6 is 24.0 Å². The number of methoxy groups -OCH3 is 1. The third-order valence-corrected chi connectivity index (χ3v) is 4.15. The molecule has 146 valence electrons. The number of hydrogen-bond donors (Lipinski definition) is 2. The highest BCUT2D eigenvalue weighted by molar-refractivity contribution is 14.0. The molecular weight excluding hydrogens is 443 g/mol. The van der Waals surface area contributed by atoms with Crippen LogP contribution in [0.25, 0.3) is 0 Å². The molecule has 1 heterocycles. The van der Waals surface area contributed by atoms with E-state index >= 15 is 0 Å². The van der Waals surface area contributed by atoms with Crippen molar-refractivity contribution in [3.63, 3.8) is 0 Å². The third kappa shape index (κ3) is 7.90. The molecule has 26 heavy (non-hydrogen) atoms. The van der Waals surface area contributed by atoms with Gasteiger partial charge in [0.15, 0.2) is 5.96 Å². The van der Waals surface area contributed by atoms with Crippen molar-refractivity contribution in [2.24, 2.45) is 4.99 Å². The summed E-state index contributed by atoms with van der Waals surface area (Å²) in [7, 11) is 1.71. The molecule has 0 radical (unpaired) electrons. The molecule has 7 heteroatoms.